The van der Waals surface area contributed by atoms with Gasteiger partial charge in [0.2, 0.25) is 0 Å². The fourth-order valence-corrected chi connectivity index (χ4v) is 4.14. The second kappa shape index (κ2) is 7.42. The topological polar surface area (TPSA) is 160 Å². The predicted octanol–water partition coefficient (Wildman–Crippen LogP) is -2.40. The molecule has 0 spiro atoms. The zero-order chi connectivity index (χ0) is 20.2. The van der Waals surface area contributed by atoms with Gasteiger partial charge in [-0.3, -0.25) is 0 Å². The summed E-state index contributed by atoms with van der Waals surface area (Å²) in [4.78, 5) is 5.39. The van der Waals surface area contributed by atoms with E-state index < -0.39 is 73.6 Å². The van der Waals surface area contributed by atoms with E-state index in [0.717, 1.165) is 0 Å². The highest BCUT2D eigenvalue weighted by atomic mass is 16.8. The summed E-state index contributed by atoms with van der Waals surface area (Å²) >= 11 is 0. The molecule has 0 aromatic rings. The molecule has 28 heavy (non-hydrogen) atoms. The van der Waals surface area contributed by atoms with Crippen LogP contribution in [-0.2, 0) is 23.8 Å². The van der Waals surface area contributed by atoms with Gasteiger partial charge in [0, 0.05) is 12.8 Å². The number of ether oxygens (including phenoxy) is 4. The second-order valence-electron chi connectivity index (χ2n) is 8.13. The van der Waals surface area contributed by atoms with Crippen LogP contribution in [0.4, 0.5) is 0 Å². The van der Waals surface area contributed by atoms with E-state index >= 15 is 0 Å². The van der Waals surface area contributed by atoms with E-state index in [2.05, 4.69) is 5.16 Å². The standard InChI is InChI=1S/C17H27NO10/c1-17(2)26-15-13(23)14(25-16(15)27-17)7-3-6(28-18-7)4-8-10(20)12(22)11(21)9(5-19)24-8/h6,8-16,19-23H,3-5H2,1-2H3/t6-,8-,9-,10?,11?,12-,13+,14-,15-,16-/m1/s1. The van der Waals surface area contributed by atoms with Crippen LogP contribution in [0.3, 0.4) is 0 Å². The van der Waals surface area contributed by atoms with Gasteiger partial charge in [0.25, 0.3) is 0 Å². The molecule has 0 saturated carbocycles. The molecule has 0 bridgehead atoms. The molecule has 11 nitrogen and oxygen atoms in total. The maximum Gasteiger partial charge on any atom is 0.190 e. The molecule has 3 saturated heterocycles. The predicted molar refractivity (Wildman–Crippen MR) is 90.0 cm³/mol. The van der Waals surface area contributed by atoms with Gasteiger partial charge in [-0.05, 0) is 13.8 Å². The van der Waals surface area contributed by atoms with Gasteiger partial charge in [-0.1, -0.05) is 5.16 Å². The summed E-state index contributed by atoms with van der Waals surface area (Å²) in [5.74, 6) is -0.832. The lowest BCUT2D eigenvalue weighted by Gasteiger charge is -2.40. The number of hydrogen-bond acceptors (Lipinski definition) is 11. The third kappa shape index (κ3) is 3.55. The Morgan fingerprint density at radius 1 is 0.964 bits per heavy atom. The summed E-state index contributed by atoms with van der Waals surface area (Å²) in [6.07, 6.45) is -8.98. The van der Waals surface area contributed by atoms with Crippen LogP contribution in [0.1, 0.15) is 26.7 Å². The number of aliphatic hydroxyl groups is 5. The van der Waals surface area contributed by atoms with Crippen molar-refractivity contribution in [3.63, 3.8) is 0 Å². The summed E-state index contributed by atoms with van der Waals surface area (Å²) in [5, 5.41) is 53.7. The van der Waals surface area contributed by atoms with E-state index in [4.69, 9.17) is 23.8 Å². The molecule has 160 valence electrons. The number of fused-ring (bicyclic) bond motifs is 1. The van der Waals surface area contributed by atoms with Crippen molar-refractivity contribution in [2.75, 3.05) is 6.61 Å². The number of aliphatic hydroxyl groups excluding tert-OH is 5. The van der Waals surface area contributed by atoms with E-state index in [1.54, 1.807) is 13.8 Å². The molecule has 3 fully saturated rings. The SMILES string of the molecule is CC1(C)O[C@H]2O[C@H](C3=NO[C@@H](C[C@H]4O[C@H](CO)C(O)[C@H](O)C4O)C3)[C@H](O)[C@H]2O1. The molecular weight excluding hydrogens is 378 g/mol. The number of rotatable bonds is 4. The van der Waals surface area contributed by atoms with Crippen LogP contribution in [0.5, 0.6) is 0 Å². The van der Waals surface area contributed by atoms with Crippen molar-refractivity contribution >= 4 is 5.71 Å². The van der Waals surface area contributed by atoms with Crippen molar-refractivity contribution in [1.29, 1.82) is 0 Å². The maximum absolute atomic E-state index is 10.5. The summed E-state index contributed by atoms with van der Waals surface area (Å²) in [6, 6.07) is 0. The molecule has 0 aromatic heterocycles. The lowest BCUT2D eigenvalue weighted by Crippen LogP contribution is -2.59. The minimum Gasteiger partial charge on any atom is -0.394 e. The Morgan fingerprint density at radius 2 is 1.68 bits per heavy atom. The van der Waals surface area contributed by atoms with Crippen LogP contribution < -0.4 is 0 Å². The van der Waals surface area contributed by atoms with Crippen molar-refractivity contribution in [2.24, 2.45) is 5.16 Å². The van der Waals surface area contributed by atoms with Gasteiger partial charge in [0.05, 0.1) is 18.4 Å². The molecule has 0 aliphatic carbocycles. The zero-order valence-electron chi connectivity index (χ0n) is 15.6. The monoisotopic (exact) mass is 405 g/mol. The highest BCUT2D eigenvalue weighted by Gasteiger charge is 2.56. The molecule has 4 aliphatic rings. The number of nitrogens with zero attached hydrogens (tertiary/aromatic N) is 1. The first-order valence-corrected chi connectivity index (χ1v) is 9.42. The fraction of sp³-hybridized carbons (Fsp3) is 0.941. The highest BCUT2D eigenvalue weighted by Crippen LogP contribution is 2.39. The van der Waals surface area contributed by atoms with Crippen molar-refractivity contribution in [2.45, 2.75) is 93.7 Å². The molecule has 0 amide bonds. The minimum atomic E-state index is -1.44. The molecule has 5 N–H and O–H groups in total. The summed E-state index contributed by atoms with van der Waals surface area (Å²) < 4.78 is 22.5. The Hall–Kier alpha value is -0.890. The average molecular weight is 405 g/mol. The van der Waals surface area contributed by atoms with Crippen LogP contribution in [0.25, 0.3) is 0 Å². The first-order valence-electron chi connectivity index (χ1n) is 9.42. The molecule has 0 radical (unpaired) electrons. The Bertz CT molecular complexity index is 613. The van der Waals surface area contributed by atoms with E-state index in [-0.39, 0.29) is 6.42 Å². The Morgan fingerprint density at radius 3 is 2.36 bits per heavy atom. The zero-order valence-corrected chi connectivity index (χ0v) is 15.6. The third-order valence-electron chi connectivity index (χ3n) is 5.59. The van der Waals surface area contributed by atoms with E-state index in [9.17, 15) is 25.5 Å². The van der Waals surface area contributed by atoms with Gasteiger partial charge in [-0.2, -0.15) is 0 Å². The third-order valence-corrected chi connectivity index (χ3v) is 5.59. The van der Waals surface area contributed by atoms with Crippen LogP contribution in [-0.4, -0.2) is 105 Å². The van der Waals surface area contributed by atoms with Gasteiger partial charge >= 0.3 is 0 Å². The van der Waals surface area contributed by atoms with Crippen LogP contribution in [0, 0.1) is 0 Å². The average Bonchev–Trinajstić information content (AvgIpc) is 3.30. The van der Waals surface area contributed by atoms with Crippen molar-refractivity contribution in [1.82, 2.24) is 0 Å². The molecular formula is C17H27NO10. The van der Waals surface area contributed by atoms with Crippen molar-refractivity contribution in [3.8, 4) is 0 Å². The highest BCUT2D eigenvalue weighted by molar-refractivity contribution is 5.90. The maximum atomic E-state index is 10.5. The van der Waals surface area contributed by atoms with Gasteiger partial charge in [-0.15, -0.1) is 0 Å². The van der Waals surface area contributed by atoms with Crippen LogP contribution in [0.2, 0.25) is 0 Å². The van der Waals surface area contributed by atoms with Gasteiger partial charge in [0.1, 0.15) is 48.8 Å². The molecule has 2 unspecified atom stereocenters. The van der Waals surface area contributed by atoms with E-state index in [1.807, 2.05) is 0 Å². The molecule has 4 rings (SSSR count). The summed E-state index contributed by atoms with van der Waals surface area (Å²) in [5.41, 5.74) is 0.487. The van der Waals surface area contributed by atoms with E-state index in [1.165, 1.54) is 0 Å². The molecule has 4 heterocycles. The van der Waals surface area contributed by atoms with Crippen molar-refractivity contribution in [3.05, 3.63) is 0 Å². The summed E-state index contributed by atoms with van der Waals surface area (Å²) in [6.45, 7) is 2.99. The first kappa shape index (κ1) is 20.4. The molecule has 11 heteroatoms. The Kier molecular flexibility index (Phi) is 5.40. The lowest BCUT2D eigenvalue weighted by molar-refractivity contribution is -0.234. The number of oxime groups is 1. The summed E-state index contributed by atoms with van der Waals surface area (Å²) in [7, 11) is 0. The quantitative estimate of drug-likeness (QED) is 0.341. The van der Waals surface area contributed by atoms with Crippen molar-refractivity contribution < 1.29 is 49.3 Å². The smallest absolute Gasteiger partial charge is 0.190 e. The van der Waals surface area contributed by atoms with Gasteiger partial charge < -0.3 is 49.3 Å². The van der Waals surface area contributed by atoms with Gasteiger partial charge in [-0.25, -0.2) is 0 Å². The Labute approximate surface area is 161 Å². The molecule has 10 atom stereocenters. The number of hydrogen-bond donors (Lipinski definition) is 5. The van der Waals surface area contributed by atoms with Crippen LogP contribution >= 0.6 is 0 Å². The lowest BCUT2D eigenvalue weighted by atomic mass is 9.91. The van der Waals surface area contributed by atoms with Gasteiger partial charge in [0.15, 0.2) is 12.1 Å². The molecule has 4 aliphatic heterocycles. The normalized spacial score (nSPS) is 50.3. The van der Waals surface area contributed by atoms with Crippen LogP contribution in [0.15, 0.2) is 5.16 Å². The Balaban J connectivity index is 1.34. The second-order valence-corrected chi connectivity index (χ2v) is 8.13. The fourth-order valence-electron chi connectivity index (χ4n) is 4.14. The molecule has 0 aromatic carbocycles. The minimum absolute atomic E-state index is 0.171. The first-order chi connectivity index (χ1) is 13.2. The van der Waals surface area contributed by atoms with E-state index in [0.29, 0.717) is 12.1 Å². The largest absolute Gasteiger partial charge is 0.394 e.